The van der Waals surface area contributed by atoms with E-state index in [0.717, 1.165) is 25.7 Å². The Morgan fingerprint density at radius 3 is 1.88 bits per heavy atom. The molecule has 2 N–H and O–H groups in total. The lowest BCUT2D eigenvalue weighted by Crippen LogP contribution is -2.56. The van der Waals surface area contributed by atoms with Gasteiger partial charge in [-0.15, -0.1) is 19.7 Å². The second-order valence-electron chi connectivity index (χ2n) is 5.12. The first-order chi connectivity index (χ1) is 7.64. The lowest BCUT2D eigenvalue weighted by Gasteiger charge is -2.51. The topological polar surface area (TPSA) is 26.0 Å². The van der Waals surface area contributed by atoms with E-state index in [-0.39, 0.29) is 11.0 Å². The van der Waals surface area contributed by atoms with Crippen LogP contribution in [0.3, 0.4) is 0 Å². The Kier molecular flexibility index (Phi) is 4.55. The van der Waals surface area contributed by atoms with Crippen molar-refractivity contribution in [2.75, 3.05) is 0 Å². The number of allylic oxidation sites excluding steroid dienone is 2. The summed E-state index contributed by atoms with van der Waals surface area (Å²) in [5.74, 6) is 0. The molecule has 1 fully saturated rings. The van der Waals surface area contributed by atoms with Gasteiger partial charge in [0.15, 0.2) is 0 Å². The van der Waals surface area contributed by atoms with E-state index in [4.69, 9.17) is 5.73 Å². The maximum absolute atomic E-state index is 6.65. The summed E-state index contributed by atoms with van der Waals surface area (Å²) >= 11 is 0. The number of hydrogen-bond donors (Lipinski definition) is 1. The Morgan fingerprint density at radius 1 is 0.875 bits per heavy atom. The molecule has 90 valence electrons. The first-order valence-corrected chi connectivity index (χ1v) is 6.26. The molecule has 0 aliphatic heterocycles. The van der Waals surface area contributed by atoms with Crippen LogP contribution >= 0.6 is 0 Å². The standard InChI is InChI=1S/C15H25N/c1-4-9-14(10-5-2)12-7-8-13-15(14,16)11-6-3/h4-6H,1-3,7-13,16H2. The van der Waals surface area contributed by atoms with Crippen LogP contribution in [0.5, 0.6) is 0 Å². The summed E-state index contributed by atoms with van der Waals surface area (Å²) in [5.41, 5.74) is 6.69. The molecule has 0 bridgehead atoms. The Hall–Kier alpha value is -0.820. The van der Waals surface area contributed by atoms with Gasteiger partial charge in [-0.25, -0.2) is 0 Å². The van der Waals surface area contributed by atoms with E-state index in [0.29, 0.717) is 0 Å². The van der Waals surface area contributed by atoms with Crippen molar-refractivity contribution < 1.29 is 0 Å². The number of nitrogens with two attached hydrogens (primary N) is 1. The molecule has 1 rings (SSSR count). The van der Waals surface area contributed by atoms with E-state index < -0.39 is 0 Å². The Labute approximate surface area is 100 Å². The van der Waals surface area contributed by atoms with Gasteiger partial charge in [0.2, 0.25) is 0 Å². The SMILES string of the molecule is C=CCC1(N)CCCCC1(CC=C)CC=C. The molecule has 1 nitrogen and oxygen atoms in total. The van der Waals surface area contributed by atoms with E-state index in [1.165, 1.54) is 19.3 Å². The minimum absolute atomic E-state index is 0.116. The zero-order valence-corrected chi connectivity index (χ0v) is 10.4. The van der Waals surface area contributed by atoms with Crippen LogP contribution in [-0.4, -0.2) is 5.54 Å². The smallest absolute Gasteiger partial charge is 0.0252 e. The van der Waals surface area contributed by atoms with Gasteiger partial charge in [0.25, 0.3) is 0 Å². The number of rotatable bonds is 6. The maximum Gasteiger partial charge on any atom is 0.0252 e. The molecule has 16 heavy (non-hydrogen) atoms. The van der Waals surface area contributed by atoms with Crippen molar-refractivity contribution in [1.29, 1.82) is 0 Å². The highest BCUT2D eigenvalue weighted by molar-refractivity contribution is 5.11. The van der Waals surface area contributed by atoms with Gasteiger partial charge in [0.05, 0.1) is 0 Å². The first-order valence-electron chi connectivity index (χ1n) is 6.26. The second-order valence-corrected chi connectivity index (χ2v) is 5.12. The molecule has 1 unspecified atom stereocenters. The highest BCUT2D eigenvalue weighted by Gasteiger charge is 2.47. The van der Waals surface area contributed by atoms with E-state index in [1.54, 1.807) is 0 Å². The molecule has 1 atom stereocenters. The van der Waals surface area contributed by atoms with Crippen molar-refractivity contribution in [3.63, 3.8) is 0 Å². The van der Waals surface area contributed by atoms with Crippen molar-refractivity contribution in [2.24, 2.45) is 11.1 Å². The maximum atomic E-state index is 6.65. The van der Waals surface area contributed by atoms with Gasteiger partial charge in [-0.2, -0.15) is 0 Å². The fraction of sp³-hybridized carbons (Fsp3) is 0.600. The van der Waals surface area contributed by atoms with Gasteiger partial charge >= 0.3 is 0 Å². The average molecular weight is 219 g/mol. The molecule has 0 amide bonds. The Balaban J connectivity index is 3.01. The molecule has 0 radical (unpaired) electrons. The van der Waals surface area contributed by atoms with Crippen LogP contribution < -0.4 is 5.73 Å². The van der Waals surface area contributed by atoms with Gasteiger partial charge in [-0.1, -0.05) is 31.1 Å². The van der Waals surface area contributed by atoms with Gasteiger partial charge < -0.3 is 5.73 Å². The van der Waals surface area contributed by atoms with Crippen molar-refractivity contribution >= 4 is 0 Å². The van der Waals surface area contributed by atoms with Gasteiger partial charge in [0, 0.05) is 5.54 Å². The summed E-state index contributed by atoms with van der Waals surface area (Å²) in [6.07, 6.45) is 13.7. The van der Waals surface area contributed by atoms with E-state index >= 15 is 0 Å². The third kappa shape index (κ3) is 2.30. The number of hydrogen-bond acceptors (Lipinski definition) is 1. The van der Waals surface area contributed by atoms with Crippen LogP contribution in [0.15, 0.2) is 38.0 Å². The van der Waals surface area contributed by atoms with Crippen LogP contribution in [-0.2, 0) is 0 Å². The molecule has 1 aliphatic rings. The van der Waals surface area contributed by atoms with Crippen molar-refractivity contribution in [1.82, 2.24) is 0 Å². The monoisotopic (exact) mass is 219 g/mol. The molecule has 0 saturated heterocycles. The quantitative estimate of drug-likeness (QED) is 0.672. The highest BCUT2D eigenvalue weighted by atomic mass is 14.8. The molecule has 0 aromatic rings. The first kappa shape index (κ1) is 13.2. The summed E-state index contributed by atoms with van der Waals surface area (Å²) in [6.45, 7) is 11.6. The summed E-state index contributed by atoms with van der Waals surface area (Å²) in [6, 6.07) is 0. The lowest BCUT2D eigenvalue weighted by molar-refractivity contribution is 0.0673. The normalized spacial score (nSPS) is 28.3. The van der Waals surface area contributed by atoms with Crippen LogP contribution in [0.2, 0.25) is 0 Å². The summed E-state index contributed by atoms with van der Waals surface area (Å²) < 4.78 is 0. The van der Waals surface area contributed by atoms with E-state index in [1.807, 2.05) is 18.2 Å². The molecule has 0 aromatic carbocycles. The zero-order chi connectivity index (χ0) is 12.1. The predicted molar refractivity (Wildman–Crippen MR) is 72.3 cm³/mol. The molecular formula is C15H25N. The second kappa shape index (κ2) is 5.49. The molecule has 0 spiro atoms. The molecule has 1 saturated carbocycles. The molecular weight excluding hydrogens is 194 g/mol. The van der Waals surface area contributed by atoms with Gasteiger partial charge in [-0.05, 0) is 37.5 Å². The highest BCUT2D eigenvalue weighted by Crippen LogP contribution is 2.50. The zero-order valence-electron chi connectivity index (χ0n) is 10.4. The minimum atomic E-state index is -0.116. The summed E-state index contributed by atoms with van der Waals surface area (Å²) in [4.78, 5) is 0. The van der Waals surface area contributed by atoms with Crippen LogP contribution in [0.1, 0.15) is 44.9 Å². The largest absolute Gasteiger partial charge is 0.324 e. The van der Waals surface area contributed by atoms with E-state index in [9.17, 15) is 0 Å². The summed E-state index contributed by atoms with van der Waals surface area (Å²) in [7, 11) is 0. The van der Waals surface area contributed by atoms with Crippen molar-refractivity contribution in [3.8, 4) is 0 Å². The van der Waals surface area contributed by atoms with Crippen LogP contribution in [0.25, 0.3) is 0 Å². The molecule has 1 aliphatic carbocycles. The lowest BCUT2D eigenvalue weighted by atomic mass is 9.57. The Morgan fingerprint density at radius 2 is 1.38 bits per heavy atom. The summed E-state index contributed by atoms with van der Waals surface area (Å²) in [5, 5.41) is 0. The van der Waals surface area contributed by atoms with Crippen LogP contribution in [0, 0.1) is 5.41 Å². The van der Waals surface area contributed by atoms with Crippen molar-refractivity contribution in [2.45, 2.75) is 50.5 Å². The third-order valence-electron chi connectivity index (χ3n) is 4.16. The molecule has 1 heteroatoms. The van der Waals surface area contributed by atoms with Crippen molar-refractivity contribution in [3.05, 3.63) is 38.0 Å². The Bertz CT molecular complexity index is 257. The third-order valence-corrected chi connectivity index (χ3v) is 4.16. The van der Waals surface area contributed by atoms with E-state index in [2.05, 4.69) is 19.7 Å². The van der Waals surface area contributed by atoms with Gasteiger partial charge in [0.1, 0.15) is 0 Å². The molecule has 0 heterocycles. The molecule has 0 aromatic heterocycles. The predicted octanol–water partition coefficient (Wildman–Crippen LogP) is 3.97. The van der Waals surface area contributed by atoms with Gasteiger partial charge in [-0.3, -0.25) is 0 Å². The minimum Gasteiger partial charge on any atom is -0.324 e. The fourth-order valence-electron chi connectivity index (χ4n) is 3.24. The van der Waals surface area contributed by atoms with Crippen LogP contribution in [0.4, 0.5) is 0 Å². The average Bonchev–Trinajstić information content (AvgIpc) is 2.24. The fourth-order valence-corrected chi connectivity index (χ4v) is 3.24.